The number of ether oxygens (including phenoxy) is 1. The molecule has 3 aromatic heterocycles. The van der Waals surface area contributed by atoms with Gasteiger partial charge in [0.1, 0.15) is 11.6 Å². The molecule has 1 spiro atoms. The fourth-order valence-electron chi connectivity index (χ4n) is 7.63. The Morgan fingerprint density at radius 3 is 2.51 bits per heavy atom. The SMILES string of the molecule is O=C(Nc1ccc(C(=O)N2CCc3cc(-c4nc5ccccc5[nH]4)sc3-c3ccc(C(F)(F)F)cc32)cc1)c1cccnc1N1CC2(CCOCC2)C1. The number of aromatic amines is 1. The van der Waals surface area contributed by atoms with E-state index in [0.29, 0.717) is 34.9 Å². The van der Waals surface area contributed by atoms with Crippen molar-refractivity contribution in [1.29, 1.82) is 0 Å². The molecule has 53 heavy (non-hydrogen) atoms. The third kappa shape index (κ3) is 6.13. The Labute approximate surface area is 306 Å². The van der Waals surface area contributed by atoms with Gasteiger partial charge in [-0.25, -0.2) is 9.97 Å². The minimum Gasteiger partial charge on any atom is -0.381 e. The van der Waals surface area contributed by atoms with Crippen molar-refractivity contribution in [3.8, 4) is 21.1 Å². The molecule has 6 heterocycles. The van der Waals surface area contributed by atoms with Gasteiger partial charge < -0.3 is 24.8 Å². The van der Waals surface area contributed by atoms with Crippen LogP contribution in [-0.4, -0.2) is 59.6 Å². The number of fused-ring (bicyclic) bond motifs is 4. The number of nitrogens with zero attached hydrogens (tertiary/aromatic N) is 4. The number of pyridine rings is 1. The minimum absolute atomic E-state index is 0.170. The number of anilines is 3. The van der Waals surface area contributed by atoms with E-state index in [-0.39, 0.29) is 29.1 Å². The van der Waals surface area contributed by atoms with Gasteiger partial charge in [0, 0.05) is 66.2 Å². The summed E-state index contributed by atoms with van der Waals surface area (Å²) in [5.74, 6) is 0.548. The zero-order valence-electron chi connectivity index (χ0n) is 28.4. The number of rotatable bonds is 5. The number of hydrogen-bond donors (Lipinski definition) is 2. The summed E-state index contributed by atoms with van der Waals surface area (Å²) in [5, 5.41) is 2.92. The number of hydrogen-bond acceptors (Lipinski definition) is 7. The summed E-state index contributed by atoms with van der Waals surface area (Å²) < 4.78 is 47.6. The number of carbonyl (C=O) groups excluding carboxylic acids is 2. The number of amides is 2. The van der Waals surface area contributed by atoms with E-state index in [1.54, 1.807) is 42.6 Å². The second kappa shape index (κ2) is 12.8. The fraction of sp³-hybridized carbons (Fsp3) is 0.250. The Balaban J connectivity index is 0.964. The van der Waals surface area contributed by atoms with Crippen molar-refractivity contribution in [3.05, 3.63) is 113 Å². The Morgan fingerprint density at radius 2 is 1.74 bits per heavy atom. The number of benzene rings is 3. The standard InChI is InChI=1S/C40H33F3N6O3S/c41-40(42,43)26-9-12-28-32(21-26)49(17-13-25-20-33(53-34(25)28)35-46-30-5-1-2-6-31(30)47-35)38(51)24-7-10-27(11-8-24)45-37(50)29-4-3-16-44-36(29)48-22-39(23-48)14-18-52-19-15-39/h1-12,16,20-21H,13-15,17-19,22-23H2,(H,45,50)(H,46,47). The Hall–Kier alpha value is -5.53. The molecule has 0 radical (unpaired) electrons. The maximum absolute atomic E-state index is 14.1. The molecule has 0 bridgehead atoms. The number of nitrogens with one attached hydrogen (secondary N) is 2. The quantitative estimate of drug-likeness (QED) is 0.184. The molecule has 3 aromatic carbocycles. The predicted molar refractivity (Wildman–Crippen MR) is 199 cm³/mol. The van der Waals surface area contributed by atoms with Crippen LogP contribution in [0.3, 0.4) is 0 Å². The third-order valence-electron chi connectivity index (χ3n) is 10.5. The lowest BCUT2D eigenvalue weighted by Crippen LogP contribution is -2.59. The summed E-state index contributed by atoms with van der Waals surface area (Å²) in [6.45, 7) is 3.32. The highest BCUT2D eigenvalue weighted by Crippen LogP contribution is 2.46. The molecule has 2 amide bonds. The average Bonchev–Trinajstić information content (AvgIpc) is 3.75. The first-order valence-electron chi connectivity index (χ1n) is 17.4. The van der Waals surface area contributed by atoms with Gasteiger partial charge in [-0.3, -0.25) is 9.59 Å². The van der Waals surface area contributed by atoms with Crippen LogP contribution in [0.2, 0.25) is 0 Å². The van der Waals surface area contributed by atoms with Crippen LogP contribution in [0, 0.1) is 5.41 Å². The van der Waals surface area contributed by atoms with Crippen molar-refractivity contribution < 1.29 is 27.5 Å². The largest absolute Gasteiger partial charge is 0.416 e. The lowest BCUT2D eigenvalue weighted by Gasteiger charge is -2.53. The molecule has 0 saturated carbocycles. The van der Waals surface area contributed by atoms with Crippen molar-refractivity contribution >= 4 is 51.4 Å². The van der Waals surface area contributed by atoms with E-state index in [9.17, 15) is 22.8 Å². The van der Waals surface area contributed by atoms with Crippen LogP contribution in [0.1, 0.15) is 44.7 Å². The van der Waals surface area contributed by atoms with Crippen molar-refractivity contribution in [2.24, 2.45) is 5.41 Å². The smallest absolute Gasteiger partial charge is 0.381 e. The molecule has 0 aliphatic carbocycles. The molecule has 268 valence electrons. The number of para-hydroxylation sites is 2. The topological polar surface area (TPSA) is 103 Å². The van der Waals surface area contributed by atoms with E-state index in [4.69, 9.17) is 9.72 Å². The zero-order chi connectivity index (χ0) is 36.3. The highest BCUT2D eigenvalue weighted by atomic mass is 32.1. The molecule has 2 saturated heterocycles. The Morgan fingerprint density at radius 1 is 0.943 bits per heavy atom. The van der Waals surface area contributed by atoms with Crippen LogP contribution in [-0.2, 0) is 17.3 Å². The molecule has 2 fully saturated rings. The van der Waals surface area contributed by atoms with E-state index in [1.165, 1.54) is 22.3 Å². The molecule has 0 unspecified atom stereocenters. The normalized spacial score (nSPS) is 16.5. The van der Waals surface area contributed by atoms with Crippen molar-refractivity contribution in [1.82, 2.24) is 15.0 Å². The van der Waals surface area contributed by atoms with Crippen LogP contribution in [0.5, 0.6) is 0 Å². The number of imidazole rings is 1. The summed E-state index contributed by atoms with van der Waals surface area (Å²) in [6, 6.07) is 23.2. The first kappa shape index (κ1) is 33.3. The molecular formula is C40H33F3N6O3S. The van der Waals surface area contributed by atoms with Gasteiger partial charge in [0.25, 0.3) is 11.8 Å². The summed E-state index contributed by atoms with van der Waals surface area (Å²) in [5.41, 5.74) is 3.96. The van der Waals surface area contributed by atoms with Gasteiger partial charge in [-0.2, -0.15) is 13.2 Å². The second-order valence-corrected chi connectivity index (χ2v) is 14.9. The van der Waals surface area contributed by atoms with Crippen LogP contribution in [0.25, 0.3) is 32.2 Å². The number of aromatic nitrogens is 3. The summed E-state index contributed by atoms with van der Waals surface area (Å²) in [6.07, 6.45) is -0.493. The number of carbonyl (C=O) groups is 2. The average molecular weight is 735 g/mol. The molecular weight excluding hydrogens is 702 g/mol. The number of H-pyrrole nitrogens is 1. The van der Waals surface area contributed by atoms with E-state index >= 15 is 0 Å². The maximum atomic E-state index is 14.1. The van der Waals surface area contributed by atoms with E-state index in [0.717, 1.165) is 77.6 Å². The van der Waals surface area contributed by atoms with Crippen LogP contribution in [0.15, 0.2) is 91.1 Å². The van der Waals surface area contributed by atoms with E-state index in [2.05, 4.69) is 20.2 Å². The number of halogens is 3. The van der Waals surface area contributed by atoms with Gasteiger partial charge in [-0.15, -0.1) is 11.3 Å². The van der Waals surface area contributed by atoms with Gasteiger partial charge in [-0.05, 0) is 91.6 Å². The predicted octanol–water partition coefficient (Wildman–Crippen LogP) is 8.44. The highest BCUT2D eigenvalue weighted by molar-refractivity contribution is 7.19. The van der Waals surface area contributed by atoms with Gasteiger partial charge >= 0.3 is 6.18 Å². The van der Waals surface area contributed by atoms with Gasteiger partial charge in [0.2, 0.25) is 0 Å². The fourth-order valence-corrected chi connectivity index (χ4v) is 8.82. The van der Waals surface area contributed by atoms with Crippen LogP contribution >= 0.6 is 11.3 Å². The lowest BCUT2D eigenvalue weighted by atomic mass is 9.73. The van der Waals surface area contributed by atoms with Crippen LogP contribution in [0.4, 0.5) is 30.4 Å². The molecule has 3 aliphatic rings. The van der Waals surface area contributed by atoms with Crippen LogP contribution < -0.4 is 15.1 Å². The summed E-state index contributed by atoms with van der Waals surface area (Å²) in [4.78, 5) is 45.4. The molecule has 9 nitrogen and oxygen atoms in total. The molecule has 3 aliphatic heterocycles. The summed E-state index contributed by atoms with van der Waals surface area (Å²) >= 11 is 1.44. The van der Waals surface area contributed by atoms with Gasteiger partial charge in [-0.1, -0.05) is 18.2 Å². The van der Waals surface area contributed by atoms with Crippen molar-refractivity contribution in [2.75, 3.05) is 48.0 Å². The Bertz CT molecular complexity index is 2340. The first-order chi connectivity index (χ1) is 25.6. The third-order valence-corrected chi connectivity index (χ3v) is 11.7. The molecule has 0 atom stereocenters. The van der Waals surface area contributed by atoms with E-state index in [1.807, 2.05) is 30.3 Å². The minimum atomic E-state index is -4.59. The van der Waals surface area contributed by atoms with Gasteiger partial charge in [0.15, 0.2) is 0 Å². The molecule has 13 heteroatoms. The molecule has 6 aromatic rings. The lowest BCUT2D eigenvalue weighted by molar-refractivity contribution is -0.137. The highest BCUT2D eigenvalue weighted by Gasteiger charge is 2.45. The Kier molecular flexibility index (Phi) is 8.08. The monoisotopic (exact) mass is 734 g/mol. The summed E-state index contributed by atoms with van der Waals surface area (Å²) in [7, 11) is 0. The van der Waals surface area contributed by atoms with Crippen molar-refractivity contribution in [3.63, 3.8) is 0 Å². The van der Waals surface area contributed by atoms with E-state index < -0.39 is 17.6 Å². The first-order valence-corrected chi connectivity index (χ1v) is 18.3. The maximum Gasteiger partial charge on any atom is 0.416 e. The van der Waals surface area contributed by atoms with Gasteiger partial charge in [0.05, 0.1) is 32.7 Å². The molecule has 9 rings (SSSR count). The zero-order valence-corrected chi connectivity index (χ0v) is 29.2. The number of alkyl halides is 3. The second-order valence-electron chi connectivity index (χ2n) is 13.9. The molecule has 2 N–H and O–H groups in total. The number of thiophene rings is 1. The van der Waals surface area contributed by atoms with Crippen molar-refractivity contribution in [2.45, 2.75) is 25.4 Å².